The van der Waals surface area contributed by atoms with E-state index in [2.05, 4.69) is 34.3 Å². The molecule has 1 N–H and O–H groups in total. The lowest BCUT2D eigenvalue weighted by Crippen LogP contribution is -1.86. The molecule has 4 nitrogen and oxygen atoms in total. The fourth-order valence-electron chi connectivity index (χ4n) is 0.0983. The first-order valence-electron chi connectivity index (χ1n) is 1.64. The fraction of sp³-hybridized carbons (Fsp3) is 0. The zero-order valence-corrected chi connectivity index (χ0v) is 3.83. The number of rotatable bonds is 3. The van der Waals surface area contributed by atoms with Crippen molar-refractivity contribution >= 4 is 6.72 Å². The molecule has 0 aliphatic heterocycles. The molecule has 0 radical (unpaired) electrons. The summed E-state index contributed by atoms with van der Waals surface area (Å²) in [5.41, 5.74) is 2.34. The maximum atomic E-state index is 3.31. The first-order chi connectivity index (χ1) is 3.41. The van der Waals surface area contributed by atoms with Crippen LogP contribution in [0, 0.1) is 0 Å². The third-order valence-corrected chi connectivity index (χ3v) is 0.257. The monoisotopic (exact) mass is 98.1 g/mol. The Labute approximate surface area is 41.6 Å². The fourth-order valence-corrected chi connectivity index (χ4v) is 0.0983. The highest BCUT2D eigenvalue weighted by Crippen LogP contribution is 1.65. The van der Waals surface area contributed by atoms with Crippen molar-refractivity contribution < 1.29 is 0 Å². The maximum absolute atomic E-state index is 3.31. The molecule has 0 heterocycles. The molecule has 0 bridgehead atoms. The number of hydrogen-bond donors (Lipinski definition) is 1. The lowest BCUT2D eigenvalue weighted by Gasteiger charge is -1.76. The molecule has 0 aliphatic rings. The molecule has 0 spiro atoms. The molecule has 0 aliphatic carbocycles. The number of nitrogens with one attached hydrogen (secondary N) is 1. The van der Waals surface area contributed by atoms with Crippen molar-refractivity contribution in [2.45, 2.75) is 0 Å². The SMILES string of the molecule is C=CN/N=N\N=C. The second kappa shape index (κ2) is 4.81. The third-order valence-electron chi connectivity index (χ3n) is 0.257. The quantitative estimate of drug-likeness (QED) is 0.315. The number of nitrogens with zero attached hydrogens (tertiary/aromatic N) is 3. The van der Waals surface area contributed by atoms with Crippen molar-refractivity contribution in [3.8, 4) is 0 Å². The zero-order chi connectivity index (χ0) is 5.54. The van der Waals surface area contributed by atoms with Crippen molar-refractivity contribution in [3.05, 3.63) is 12.8 Å². The summed E-state index contributed by atoms with van der Waals surface area (Å²) in [6.45, 7) is 6.35. The van der Waals surface area contributed by atoms with Crippen LogP contribution in [0.15, 0.2) is 28.3 Å². The summed E-state index contributed by atoms with van der Waals surface area (Å²) in [5.74, 6) is 0. The lowest BCUT2D eigenvalue weighted by atomic mass is 11.1. The average Bonchev–Trinajstić information content (AvgIpc) is 1.69. The Bertz CT molecular complexity index is 84.9. The van der Waals surface area contributed by atoms with E-state index in [1.165, 1.54) is 6.20 Å². The Morgan fingerprint density at radius 2 is 2.29 bits per heavy atom. The van der Waals surface area contributed by atoms with Gasteiger partial charge in [-0.25, -0.2) is 0 Å². The van der Waals surface area contributed by atoms with E-state index in [1.807, 2.05) is 0 Å². The minimum absolute atomic E-state index is 1.38. The van der Waals surface area contributed by atoms with E-state index in [4.69, 9.17) is 0 Å². The normalized spacial score (nSPS) is 8.57. The van der Waals surface area contributed by atoms with Crippen LogP contribution in [0.2, 0.25) is 0 Å². The molecule has 0 rings (SSSR count). The third kappa shape index (κ3) is 4.81. The standard InChI is InChI=1S/C3H6N4/c1-3-5-7-6-4-2/h3H,1-2H2,(H,5,6). The van der Waals surface area contributed by atoms with Crippen LogP contribution >= 0.6 is 0 Å². The van der Waals surface area contributed by atoms with Gasteiger partial charge in [-0.2, -0.15) is 0 Å². The van der Waals surface area contributed by atoms with Crippen LogP contribution < -0.4 is 5.43 Å². The first kappa shape index (κ1) is 5.81. The summed E-state index contributed by atoms with van der Waals surface area (Å²) in [6, 6.07) is 0. The Hall–Kier alpha value is -1.19. The van der Waals surface area contributed by atoms with Gasteiger partial charge in [-0.15, -0.1) is 5.10 Å². The summed E-state index contributed by atoms with van der Waals surface area (Å²) < 4.78 is 0. The summed E-state index contributed by atoms with van der Waals surface area (Å²) in [4.78, 5) is 0. The Morgan fingerprint density at radius 1 is 1.57 bits per heavy atom. The average molecular weight is 98.1 g/mol. The van der Waals surface area contributed by atoms with Crippen molar-refractivity contribution in [2.75, 3.05) is 0 Å². The molecule has 0 fully saturated rings. The lowest BCUT2D eigenvalue weighted by molar-refractivity contribution is 0.829. The van der Waals surface area contributed by atoms with E-state index in [9.17, 15) is 0 Å². The zero-order valence-electron chi connectivity index (χ0n) is 3.83. The van der Waals surface area contributed by atoms with E-state index in [-0.39, 0.29) is 0 Å². The van der Waals surface area contributed by atoms with Gasteiger partial charge in [0.2, 0.25) is 0 Å². The Morgan fingerprint density at radius 3 is 2.71 bits per heavy atom. The molecule has 0 saturated heterocycles. The van der Waals surface area contributed by atoms with Gasteiger partial charge in [0.25, 0.3) is 0 Å². The van der Waals surface area contributed by atoms with Crippen LogP contribution in [0.3, 0.4) is 0 Å². The molecule has 0 aromatic carbocycles. The molecule has 0 saturated carbocycles. The van der Waals surface area contributed by atoms with E-state index < -0.39 is 0 Å². The van der Waals surface area contributed by atoms with Crippen LogP contribution in [0.25, 0.3) is 0 Å². The molecular formula is C3H6N4. The van der Waals surface area contributed by atoms with Gasteiger partial charge < -0.3 is 0 Å². The van der Waals surface area contributed by atoms with Crippen LogP contribution in [-0.4, -0.2) is 6.72 Å². The Kier molecular flexibility index (Phi) is 3.99. The largest absolute Gasteiger partial charge is 0.266 e. The van der Waals surface area contributed by atoms with E-state index >= 15 is 0 Å². The summed E-state index contributed by atoms with van der Waals surface area (Å²) >= 11 is 0. The van der Waals surface area contributed by atoms with Crippen molar-refractivity contribution in [2.24, 2.45) is 15.5 Å². The van der Waals surface area contributed by atoms with E-state index in [0.717, 1.165) is 0 Å². The molecular weight excluding hydrogens is 92.1 g/mol. The summed E-state index contributed by atoms with van der Waals surface area (Å²) in [6.07, 6.45) is 1.38. The molecule has 0 unspecified atom stereocenters. The predicted octanol–water partition coefficient (Wildman–Crippen LogP) is 0.702. The summed E-state index contributed by atoms with van der Waals surface area (Å²) in [7, 11) is 0. The van der Waals surface area contributed by atoms with Gasteiger partial charge in [-0.05, 0) is 10.4 Å². The second-order valence-electron chi connectivity index (χ2n) is 0.664. The molecule has 0 aromatic heterocycles. The highest BCUT2D eigenvalue weighted by atomic mass is 15.5. The van der Waals surface area contributed by atoms with Gasteiger partial charge in [-0.3, -0.25) is 5.43 Å². The molecule has 0 amide bonds. The van der Waals surface area contributed by atoms with Crippen LogP contribution in [0.4, 0.5) is 0 Å². The van der Waals surface area contributed by atoms with Crippen molar-refractivity contribution in [3.63, 3.8) is 0 Å². The van der Waals surface area contributed by atoms with Gasteiger partial charge in [0.05, 0.1) is 0 Å². The predicted molar refractivity (Wildman–Crippen MR) is 27.7 cm³/mol. The van der Waals surface area contributed by atoms with Gasteiger partial charge in [0.15, 0.2) is 0 Å². The minimum atomic E-state index is 1.38. The molecule has 0 atom stereocenters. The van der Waals surface area contributed by atoms with E-state index in [1.54, 1.807) is 0 Å². The minimum Gasteiger partial charge on any atom is -0.266 e. The highest BCUT2D eigenvalue weighted by molar-refractivity contribution is 5.22. The molecule has 7 heavy (non-hydrogen) atoms. The van der Waals surface area contributed by atoms with Gasteiger partial charge in [0.1, 0.15) is 0 Å². The van der Waals surface area contributed by atoms with Crippen LogP contribution in [0.5, 0.6) is 0 Å². The maximum Gasteiger partial charge on any atom is 0.0151 e. The second-order valence-corrected chi connectivity index (χ2v) is 0.664. The summed E-state index contributed by atoms with van der Waals surface area (Å²) in [5, 5.41) is 9.43. The first-order valence-corrected chi connectivity index (χ1v) is 1.64. The van der Waals surface area contributed by atoms with Gasteiger partial charge in [-0.1, -0.05) is 6.58 Å². The molecule has 4 heteroatoms. The van der Waals surface area contributed by atoms with Crippen molar-refractivity contribution in [1.29, 1.82) is 0 Å². The smallest absolute Gasteiger partial charge is 0.0151 e. The van der Waals surface area contributed by atoms with Gasteiger partial charge >= 0.3 is 0 Å². The van der Waals surface area contributed by atoms with Gasteiger partial charge in [0, 0.05) is 12.9 Å². The van der Waals surface area contributed by atoms with Crippen molar-refractivity contribution in [1.82, 2.24) is 5.43 Å². The van der Waals surface area contributed by atoms with Crippen LogP contribution in [0.1, 0.15) is 0 Å². The van der Waals surface area contributed by atoms with Crippen LogP contribution in [-0.2, 0) is 0 Å². The highest BCUT2D eigenvalue weighted by Gasteiger charge is 1.55. The number of hydrogen-bond acceptors (Lipinski definition) is 2. The molecule has 38 valence electrons. The Balaban J connectivity index is 3.08. The molecule has 0 aromatic rings. The van der Waals surface area contributed by atoms with E-state index in [0.29, 0.717) is 0 Å². The topological polar surface area (TPSA) is 49.1 Å².